The lowest BCUT2D eigenvalue weighted by atomic mass is 10.2. The fourth-order valence-electron chi connectivity index (χ4n) is 2.74. The van der Waals surface area contributed by atoms with Crippen LogP contribution in [0, 0.1) is 0 Å². The Bertz CT molecular complexity index is 788. The van der Waals surface area contributed by atoms with Gasteiger partial charge in [0.2, 0.25) is 5.91 Å². The zero-order valence-electron chi connectivity index (χ0n) is 13.7. The zero-order valence-corrected chi connectivity index (χ0v) is 14.5. The van der Waals surface area contributed by atoms with Crippen molar-refractivity contribution in [3.05, 3.63) is 41.9 Å². The minimum Gasteiger partial charge on any atom is -0.348 e. The number of pyridine rings is 1. The number of nitrogens with zero attached hydrogens (tertiary/aromatic N) is 4. The number of carbonyl (C=O) groups excluding carboxylic acids is 2. The van der Waals surface area contributed by atoms with E-state index in [1.165, 1.54) is 11.8 Å². The lowest BCUT2D eigenvalue weighted by molar-refractivity contribution is -0.129. The molecule has 8 heteroatoms. The summed E-state index contributed by atoms with van der Waals surface area (Å²) in [6.07, 6.45) is 3.82. The Kier molecular flexibility index (Phi) is 4.44. The maximum Gasteiger partial charge on any atom is 0.272 e. The third-order valence-electron chi connectivity index (χ3n) is 4.28. The van der Waals surface area contributed by atoms with Crippen LogP contribution >= 0.6 is 11.8 Å². The van der Waals surface area contributed by atoms with Crippen molar-refractivity contribution in [2.75, 3.05) is 12.3 Å². The minimum absolute atomic E-state index is 0.0760. The number of rotatable bonds is 5. The molecule has 0 atom stereocenters. The fourth-order valence-corrected chi connectivity index (χ4v) is 3.50. The van der Waals surface area contributed by atoms with Gasteiger partial charge >= 0.3 is 0 Å². The summed E-state index contributed by atoms with van der Waals surface area (Å²) in [5, 5.41) is 8.16. The molecule has 0 aromatic carbocycles. The van der Waals surface area contributed by atoms with Crippen LogP contribution in [-0.4, -0.2) is 49.8 Å². The molecule has 4 rings (SSSR count). The smallest absolute Gasteiger partial charge is 0.272 e. The maximum absolute atomic E-state index is 12.4. The lowest BCUT2D eigenvalue weighted by Crippen LogP contribution is -2.39. The Morgan fingerprint density at radius 3 is 2.92 bits per heavy atom. The molecule has 3 heterocycles. The number of nitrogens with one attached hydrogen (secondary N) is 1. The Hall–Kier alpha value is -2.35. The van der Waals surface area contributed by atoms with Crippen LogP contribution in [0.25, 0.3) is 0 Å². The van der Waals surface area contributed by atoms with Gasteiger partial charge in [-0.25, -0.2) is 4.98 Å². The number of aromatic nitrogens is 3. The number of hydrogen-bond acceptors (Lipinski definition) is 5. The van der Waals surface area contributed by atoms with Crippen molar-refractivity contribution in [2.24, 2.45) is 0 Å². The van der Waals surface area contributed by atoms with Crippen molar-refractivity contribution >= 4 is 23.6 Å². The first-order chi connectivity index (χ1) is 12.2. The molecule has 2 amide bonds. The van der Waals surface area contributed by atoms with Crippen LogP contribution in [0.3, 0.4) is 0 Å². The zero-order chi connectivity index (χ0) is 17.2. The molecule has 0 unspecified atom stereocenters. The van der Waals surface area contributed by atoms with Gasteiger partial charge in [-0.15, -0.1) is 0 Å². The van der Waals surface area contributed by atoms with Crippen LogP contribution in [0.15, 0.2) is 35.5 Å². The predicted octanol–water partition coefficient (Wildman–Crippen LogP) is 1.30. The average molecular weight is 357 g/mol. The summed E-state index contributed by atoms with van der Waals surface area (Å²) < 4.78 is 1.83. The van der Waals surface area contributed by atoms with Gasteiger partial charge in [-0.05, 0) is 31.0 Å². The van der Waals surface area contributed by atoms with Gasteiger partial charge in [-0.1, -0.05) is 17.8 Å². The van der Waals surface area contributed by atoms with Gasteiger partial charge in [-0.2, -0.15) is 5.10 Å². The van der Waals surface area contributed by atoms with E-state index in [9.17, 15) is 9.59 Å². The predicted molar refractivity (Wildman–Crippen MR) is 93.1 cm³/mol. The Balaban J connectivity index is 1.36. The SMILES string of the molecule is O=C(NC1CC1)c1cc2n(n1)CCN(C(=O)CSc1ccccn1)C2. The molecule has 1 N–H and O–H groups in total. The van der Waals surface area contributed by atoms with Crippen LogP contribution < -0.4 is 5.32 Å². The first kappa shape index (κ1) is 16.1. The second-order valence-corrected chi connectivity index (χ2v) is 7.26. The van der Waals surface area contributed by atoms with Gasteiger partial charge < -0.3 is 10.2 Å². The minimum atomic E-state index is -0.118. The number of fused-ring (bicyclic) bond motifs is 1. The average Bonchev–Trinajstić information content (AvgIpc) is 3.34. The summed E-state index contributed by atoms with van der Waals surface area (Å²) in [6.45, 7) is 1.72. The molecule has 130 valence electrons. The number of carbonyl (C=O) groups is 2. The highest BCUT2D eigenvalue weighted by Gasteiger charge is 2.27. The molecule has 1 aliphatic carbocycles. The molecule has 2 aromatic heterocycles. The number of hydrogen-bond donors (Lipinski definition) is 1. The van der Waals surface area contributed by atoms with Gasteiger partial charge in [0, 0.05) is 18.8 Å². The van der Waals surface area contributed by atoms with Gasteiger partial charge in [0.15, 0.2) is 5.69 Å². The van der Waals surface area contributed by atoms with Gasteiger partial charge in [0.25, 0.3) is 5.91 Å². The molecule has 7 nitrogen and oxygen atoms in total. The van der Waals surface area contributed by atoms with Crippen molar-refractivity contribution < 1.29 is 9.59 Å². The van der Waals surface area contributed by atoms with Gasteiger partial charge in [0.1, 0.15) is 0 Å². The van der Waals surface area contributed by atoms with Crippen molar-refractivity contribution in [3.8, 4) is 0 Å². The van der Waals surface area contributed by atoms with Crippen molar-refractivity contribution in [1.29, 1.82) is 0 Å². The molecular weight excluding hydrogens is 338 g/mol. The Morgan fingerprint density at radius 2 is 2.16 bits per heavy atom. The Labute approximate surface area is 149 Å². The first-order valence-electron chi connectivity index (χ1n) is 8.38. The van der Waals surface area contributed by atoms with E-state index in [0.717, 1.165) is 23.6 Å². The molecule has 0 bridgehead atoms. The van der Waals surface area contributed by atoms with Gasteiger partial charge in [-0.3, -0.25) is 14.3 Å². The van der Waals surface area contributed by atoms with Gasteiger partial charge in [0.05, 0.1) is 29.6 Å². The summed E-state index contributed by atoms with van der Waals surface area (Å²) >= 11 is 1.44. The molecule has 25 heavy (non-hydrogen) atoms. The first-order valence-corrected chi connectivity index (χ1v) is 9.37. The van der Waals surface area contributed by atoms with E-state index < -0.39 is 0 Å². The van der Waals surface area contributed by atoms with E-state index >= 15 is 0 Å². The van der Waals surface area contributed by atoms with E-state index in [1.807, 2.05) is 27.8 Å². The van der Waals surface area contributed by atoms with Crippen LogP contribution in [0.5, 0.6) is 0 Å². The van der Waals surface area contributed by atoms with Crippen molar-refractivity contribution in [2.45, 2.75) is 37.0 Å². The van der Waals surface area contributed by atoms with Crippen LogP contribution in [-0.2, 0) is 17.9 Å². The highest BCUT2D eigenvalue weighted by Crippen LogP contribution is 2.21. The van der Waals surface area contributed by atoms with Crippen LogP contribution in [0.2, 0.25) is 0 Å². The highest BCUT2D eigenvalue weighted by atomic mass is 32.2. The molecule has 2 aliphatic rings. The maximum atomic E-state index is 12.4. The quantitative estimate of drug-likeness (QED) is 0.816. The summed E-state index contributed by atoms with van der Waals surface area (Å²) in [5.41, 5.74) is 1.35. The van der Waals surface area contributed by atoms with E-state index in [0.29, 0.717) is 37.1 Å². The molecule has 2 aromatic rings. The van der Waals surface area contributed by atoms with Crippen LogP contribution in [0.1, 0.15) is 29.0 Å². The third-order valence-corrected chi connectivity index (χ3v) is 5.21. The lowest BCUT2D eigenvalue weighted by Gasteiger charge is -2.27. The molecule has 0 radical (unpaired) electrons. The monoisotopic (exact) mass is 357 g/mol. The molecule has 1 aliphatic heterocycles. The van der Waals surface area contributed by atoms with Crippen molar-refractivity contribution in [1.82, 2.24) is 25.0 Å². The molecule has 0 spiro atoms. The van der Waals surface area contributed by atoms with E-state index in [2.05, 4.69) is 15.4 Å². The summed E-state index contributed by atoms with van der Waals surface area (Å²) in [6, 6.07) is 7.77. The Morgan fingerprint density at radius 1 is 1.28 bits per heavy atom. The number of amides is 2. The molecular formula is C17H19N5O2S. The largest absolute Gasteiger partial charge is 0.348 e. The van der Waals surface area contributed by atoms with E-state index in [4.69, 9.17) is 0 Å². The van der Waals surface area contributed by atoms with E-state index in [1.54, 1.807) is 12.3 Å². The molecule has 1 fully saturated rings. The summed E-state index contributed by atoms with van der Waals surface area (Å²) in [7, 11) is 0. The molecule has 1 saturated carbocycles. The highest BCUT2D eigenvalue weighted by molar-refractivity contribution is 7.99. The van der Waals surface area contributed by atoms with Crippen molar-refractivity contribution in [3.63, 3.8) is 0 Å². The normalized spacial score (nSPS) is 16.4. The second-order valence-electron chi connectivity index (χ2n) is 6.26. The standard InChI is InChI=1S/C17H19N5O2S/c23-16(11-25-15-3-1-2-6-18-15)21-7-8-22-13(10-21)9-14(20-22)17(24)19-12-4-5-12/h1-3,6,9,12H,4-5,7-8,10-11H2,(H,19,24). The third kappa shape index (κ3) is 3.84. The van der Waals surface area contributed by atoms with E-state index in [-0.39, 0.29) is 11.8 Å². The molecule has 0 saturated heterocycles. The van der Waals surface area contributed by atoms with Crippen LogP contribution in [0.4, 0.5) is 0 Å². The summed E-state index contributed by atoms with van der Waals surface area (Å²) in [5.74, 6) is 0.320. The fraction of sp³-hybridized carbons (Fsp3) is 0.412. The number of thioether (sulfide) groups is 1. The summed E-state index contributed by atoms with van der Waals surface area (Å²) in [4.78, 5) is 30.6. The topological polar surface area (TPSA) is 80.1 Å². The second kappa shape index (κ2) is 6.87.